The van der Waals surface area contributed by atoms with E-state index in [0.29, 0.717) is 11.6 Å². The van der Waals surface area contributed by atoms with E-state index in [0.717, 1.165) is 29.6 Å². The van der Waals surface area contributed by atoms with E-state index in [9.17, 15) is 4.79 Å². The van der Waals surface area contributed by atoms with Gasteiger partial charge in [-0.2, -0.15) is 0 Å². The van der Waals surface area contributed by atoms with E-state index < -0.39 is 6.04 Å². The van der Waals surface area contributed by atoms with Gasteiger partial charge in [0.25, 0.3) is 0 Å². The molecule has 25 heavy (non-hydrogen) atoms. The fourth-order valence-electron chi connectivity index (χ4n) is 2.83. The van der Waals surface area contributed by atoms with E-state index in [2.05, 4.69) is 20.9 Å². The molecule has 130 valence electrons. The lowest BCUT2D eigenvalue weighted by Gasteiger charge is -2.18. The summed E-state index contributed by atoms with van der Waals surface area (Å²) in [5.41, 5.74) is 2.82. The van der Waals surface area contributed by atoms with Crippen LogP contribution in [0.15, 0.2) is 54.9 Å². The molecule has 6 heteroatoms. The predicted molar refractivity (Wildman–Crippen MR) is 98.6 cm³/mol. The van der Waals surface area contributed by atoms with Crippen LogP contribution in [0.4, 0.5) is 0 Å². The Labute approximate surface area is 151 Å². The van der Waals surface area contributed by atoms with Crippen LogP contribution >= 0.6 is 11.6 Å². The highest BCUT2D eigenvalue weighted by atomic mass is 35.5. The van der Waals surface area contributed by atoms with Crippen molar-refractivity contribution in [3.63, 3.8) is 0 Å². The number of benzene rings is 2. The average Bonchev–Trinajstić information content (AvgIpc) is 3.05. The van der Waals surface area contributed by atoms with Gasteiger partial charge in [0.2, 0.25) is 0 Å². The minimum Gasteiger partial charge on any atom is -0.468 e. The largest absolute Gasteiger partial charge is 0.468 e. The number of carbonyl (C=O) groups excluding carboxylic acids is 1. The number of imidazole rings is 1. The first kappa shape index (κ1) is 17.5. The van der Waals surface area contributed by atoms with Crippen molar-refractivity contribution >= 4 is 28.6 Å². The monoisotopic (exact) mass is 357 g/mol. The molecule has 1 atom stereocenters. The molecule has 0 amide bonds. The lowest BCUT2D eigenvalue weighted by molar-refractivity contribution is -0.143. The van der Waals surface area contributed by atoms with E-state index in [1.165, 1.54) is 7.11 Å². The number of halogens is 1. The summed E-state index contributed by atoms with van der Waals surface area (Å²) in [6.45, 7) is 1.46. The lowest BCUT2D eigenvalue weighted by Crippen LogP contribution is -2.31. The van der Waals surface area contributed by atoms with E-state index in [4.69, 9.17) is 16.3 Å². The zero-order valence-electron chi connectivity index (χ0n) is 14.0. The summed E-state index contributed by atoms with van der Waals surface area (Å²) >= 11 is 6.22. The minimum absolute atomic E-state index is 0.346. The zero-order valence-corrected chi connectivity index (χ0v) is 14.7. The molecule has 0 aliphatic carbocycles. The molecule has 0 aliphatic rings. The Balaban J connectivity index is 1.62. The second kappa shape index (κ2) is 8.14. The molecule has 1 unspecified atom stereocenters. The van der Waals surface area contributed by atoms with Gasteiger partial charge in [0.05, 0.1) is 24.5 Å². The van der Waals surface area contributed by atoms with Gasteiger partial charge >= 0.3 is 5.97 Å². The second-order valence-electron chi connectivity index (χ2n) is 5.71. The molecule has 3 rings (SSSR count). The SMILES string of the molecule is COC(=O)C(NCCCn1cnc2ccccc21)c1ccccc1Cl. The summed E-state index contributed by atoms with van der Waals surface area (Å²) in [7, 11) is 1.38. The van der Waals surface area contributed by atoms with Crippen LogP contribution in [-0.4, -0.2) is 29.2 Å². The van der Waals surface area contributed by atoms with Crippen LogP contribution in [0.3, 0.4) is 0 Å². The first-order chi connectivity index (χ1) is 12.2. The van der Waals surface area contributed by atoms with Crippen LogP contribution in [0, 0.1) is 0 Å². The normalized spacial score (nSPS) is 12.2. The van der Waals surface area contributed by atoms with Crippen LogP contribution in [0.5, 0.6) is 0 Å². The van der Waals surface area contributed by atoms with Crippen molar-refractivity contribution < 1.29 is 9.53 Å². The number of rotatable bonds is 7. The van der Waals surface area contributed by atoms with Crippen LogP contribution in [0.2, 0.25) is 5.02 Å². The number of ether oxygens (including phenoxy) is 1. The number of aromatic nitrogens is 2. The van der Waals surface area contributed by atoms with Gasteiger partial charge in [-0.1, -0.05) is 41.9 Å². The highest BCUT2D eigenvalue weighted by Gasteiger charge is 2.22. The van der Waals surface area contributed by atoms with Gasteiger partial charge in [0, 0.05) is 11.6 Å². The Kier molecular flexibility index (Phi) is 5.68. The Morgan fingerprint density at radius 1 is 1.24 bits per heavy atom. The third kappa shape index (κ3) is 4.00. The van der Waals surface area contributed by atoms with E-state index >= 15 is 0 Å². The lowest BCUT2D eigenvalue weighted by atomic mass is 10.1. The van der Waals surface area contributed by atoms with Gasteiger partial charge in [0.1, 0.15) is 6.04 Å². The topological polar surface area (TPSA) is 56.1 Å². The molecule has 0 spiro atoms. The molecule has 0 aliphatic heterocycles. The van der Waals surface area contributed by atoms with Crippen molar-refractivity contribution in [2.24, 2.45) is 0 Å². The molecule has 0 radical (unpaired) electrons. The molecule has 1 aromatic heterocycles. The Morgan fingerprint density at radius 3 is 2.80 bits per heavy atom. The van der Waals surface area contributed by atoms with Gasteiger partial charge in [-0.05, 0) is 36.7 Å². The molecule has 1 N–H and O–H groups in total. The van der Waals surface area contributed by atoms with Crippen molar-refractivity contribution in [2.45, 2.75) is 19.0 Å². The molecule has 5 nitrogen and oxygen atoms in total. The highest BCUT2D eigenvalue weighted by molar-refractivity contribution is 6.31. The quantitative estimate of drug-likeness (QED) is 0.518. The molecular weight excluding hydrogens is 338 g/mol. The van der Waals surface area contributed by atoms with Crippen LogP contribution in [0.1, 0.15) is 18.0 Å². The van der Waals surface area contributed by atoms with Crippen molar-refractivity contribution in [3.8, 4) is 0 Å². The number of aryl methyl sites for hydroxylation is 1. The third-order valence-electron chi connectivity index (χ3n) is 4.10. The smallest absolute Gasteiger partial charge is 0.327 e. The number of hydrogen-bond donors (Lipinski definition) is 1. The van der Waals surface area contributed by atoms with Crippen molar-refractivity contribution in [3.05, 3.63) is 65.4 Å². The number of methoxy groups -OCH3 is 1. The number of carbonyl (C=O) groups is 1. The number of para-hydroxylation sites is 2. The average molecular weight is 358 g/mol. The summed E-state index contributed by atoms with van der Waals surface area (Å²) in [6, 6.07) is 14.8. The van der Waals surface area contributed by atoms with Crippen molar-refractivity contribution in [1.29, 1.82) is 0 Å². The van der Waals surface area contributed by atoms with Gasteiger partial charge in [-0.3, -0.25) is 0 Å². The van der Waals surface area contributed by atoms with E-state index in [-0.39, 0.29) is 5.97 Å². The standard InChI is InChI=1S/C19H20ClN3O2/c1-25-19(24)18(14-7-2-3-8-15(14)20)21-11-6-12-23-13-22-16-9-4-5-10-17(16)23/h2-5,7-10,13,18,21H,6,11-12H2,1H3. The Hall–Kier alpha value is -2.37. The summed E-state index contributed by atoms with van der Waals surface area (Å²) in [5, 5.41) is 3.79. The number of esters is 1. The summed E-state index contributed by atoms with van der Waals surface area (Å²) in [5.74, 6) is -0.346. The maximum Gasteiger partial charge on any atom is 0.327 e. The van der Waals surface area contributed by atoms with E-state index in [1.807, 2.05) is 42.7 Å². The van der Waals surface area contributed by atoms with Crippen LogP contribution in [-0.2, 0) is 16.1 Å². The molecular formula is C19H20ClN3O2. The summed E-state index contributed by atoms with van der Waals surface area (Å²) < 4.78 is 7.02. The number of nitrogens with zero attached hydrogens (tertiary/aromatic N) is 2. The summed E-state index contributed by atoms with van der Waals surface area (Å²) in [4.78, 5) is 16.5. The number of hydrogen-bond acceptors (Lipinski definition) is 4. The van der Waals surface area contributed by atoms with Crippen LogP contribution < -0.4 is 5.32 Å². The molecule has 0 fully saturated rings. The Bertz CT molecular complexity index is 863. The number of fused-ring (bicyclic) bond motifs is 1. The van der Waals surface area contributed by atoms with E-state index in [1.54, 1.807) is 6.07 Å². The fraction of sp³-hybridized carbons (Fsp3) is 0.263. The fourth-order valence-corrected chi connectivity index (χ4v) is 3.08. The zero-order chi connectivity index (χ0) is 17.6. The van der Waals surface area contributed by atoms with Gasteiger partial charge in [-0.25, -0.2) is 9.78 Å². The highest BCUT2D eigenvalue weighted by Crippen LogP contribution is 2.23. The van der Waals surface area contributed by atoms with Crippen LogP contribution in [0.25, 0.3) is 11.0 Å². The van der Waals surface area contributed by atoms with Gasteiger partial charge in [-0.15, -0.1) is 0 Å². The Morgan fingerprint density at radius 2 is 2.00 bits per heavy atom. The van der Waals surface area contributed by atoms with Crippen molar-refractivity contribution in [1.82, 2.24) is 14.9 Å². The second-order valence-corrected chi connectivity index (χ2v) is 6.12. The first-order valence-corrected chi connectivity index (χ1v) is 8.54. The molecule has 1 heterocycles. The van der Waals surface area contributed by atoms with Gasteiger partial charge < -0.3 is 14.6 Å². The minimum atomic E-state index is -0.571. The maximum atomic E-state index is 12.1. The maximum absolute atomic E-state index is 12.1. The number of nitrogens with one attached hydrogen (secondary N) is 1. The predicted octanol–water partition coefficient (Wildman–Crippen LogP) is 3.58. The molecule has 0 saturated heterocycles. The third-order valence-corrected chi connectivity index (χ3v) is 4.45. The molecule has 2 aromatic carbocycles. The molecule has 0 saturated carbocycles. The summed E-state index contributed by atoms with van der Waals surface area (Å²) in [6.07, 6.45) is 2.69. The molecule has 0 bridgehead atoms. The van der Waals surface area contributed by atoms with Crippen molar-refractivity contribution in [2.75, 3.05) is 13.7 Å². The van der Waals surface area contributed by atoms with Gasteiger partial charge in [0.15, 0.2) is 0 Å². The first-order valence-electron chi connectivity index (χ1n) is 8.16. The molecule has 3 aromatic rings.